The molecule has 0 fully saturated rings. The van der Waals surface area contributed by atoms with Crippen molar-refractivity contribution in [3.63, 3.8) is 0 Å². The van der Waals surface area contributed by atoms with E-state index < -0.39 is 18.2 Å². The first-order valence-electron chi connectivity index (χ1n) is 7.94. The van der Waals surface area contributed by atoms with Gasteiger partial charge in [0.1, 0.15) is 5.56 Å². The predicted octanol–water partition coefficient (Wildman–Crippen LogP) is 3.63. The normalized spacial score (nSPS) is 9.85. The third-order valence-corrected chi connectivity index (χ3v) is 2.42. The maximum Gasteiger partial charge on any atom is 0.452 e. The SMILES string of the molecule is CCCOc1nc(C)ccc1C(=O)O.CCOC(=O)N=NC(=O)OCC. The molecule has 0 aliphatic heterocycles. The average Bonchev–Trinajstić information content (AvgIpc) is 2.59. The molecule has 1 N–H and O–H groups in total. The van der Waals surface area contributed by atoms with Gasteiger partial charge in [-0.15, -0.1) is 0 Å². The Labute approximate surface area is 151 Å². The highest BCUT2D eigenvalue weighted by atomic mass is 16.6. The van der Waals surface area contributed by atoms with Crippen molar-refractivity contribution < 1.29 is 33.7 Å². The number of nitrogens with zero attached hydrogens (tertiary/aromatic N) is 3. The van der Waals surface area contributed by atoms with E-state index in [1.54, 1.807) is 26.8 Å². The summed E-state index contributed by atoms with van der Waals surface area (Å²) in [5, 5.41) is 14.7. The van der Waals surface area contributed by atoms with E-state index in [1.807, 2.05) is 6.92 Å². The van der Waals surface area contributed by atoms with Gasteiger partial charge in [-0.25, -0.2) is 19.4 Å². The van der Waals surface area contributed by atoms with Gasteiger partial charge >= 0.3 is 18.2 Å². The van der Waals surface area contributed by atoms with Gasteiger partial charge in [0.25, 0.3) is 0 Å². The standard InChI is InChI=1S/C10H13NO3.C6H10N2O4/c1-3-6-14-9-8(10(12)13)5-4-7(2)11-9;1-3-11-5(9)7-8-6(10)12-4-2/h4-5H,3,6H2,1-2H3,(H,12,13);3-4H2,1-2H3. The van der Waals surface area contributed by atoms with E-state index in [0.717, 1.165) is 12.1 Å². The predicted molar refractivity (Wildman–Crippen MR) is 90.6 cm³/mol. The second-order valence-corrected chi connectivity index (χ2v) is 4.56. The van der Waals surface area contributed by atoms with E-state index in [1.165, 1.54) is 6.07 Å². The van der Waals surface area contributed by atoms with Crippen LogP contribution in [0.3, 0.4) is 0 Å². The third-order valence-electron chi connectivity index (χ3n) is 2.42. The second-order valence-electron chi connectivity index (χ2n) is 4.56. The van der Waals surface area contributed by atoms with Crippen molar-refractivity contribution >= 4 is 18.2 Å². The first-order valence-corrected chi connectivity index (χ1v) is 7.94. The van der Waals surface area contributed by atoms with Gasteiger partial charge in [-0.2, -0.15) is 0 Å². The molecular weight excluding hydrogens is 346 g/mol. The monoisotopic (exact) mass is 369 g/mol. The number of aryl methyl sites for hydroxylation is 1. The summed E-state index contributed by atoms with van der Waals surface area (Å²) in [7, 11) is 0. The number of carboxylic acid groups (broad SMARTS) is 1. The van der Waals surface area contributed by atoms with Gasteiger partial charge in [0.15, 0.2) is 0 Å². The number of carboxylic acids is 1. The largest absolute Gasteiger partial charge is 0.477 e. The Morgan fingerprint density at radius 3 is 2.00 bits per heavy atom. The number of amides is 2. The minimum Gasteiger partial charge on any atom is -0.477 e. The zero-order chi connectivity index (χ0) is 19.9. The number of pyridine rings is 1. The zero-order valence-electron chi connectivity index (χ0n) is 15.2. The molecule has 1 heterocycles. The highest BCUT2D eigenvalue weighted by molar-refractivity contribution is 5.90. The Hall–Kier alpha value is -3.04. The van der Waals surface area contributed by atoms with Crippen LogP contribution in [0, 0.1) is 6.92 Å². The lowest BCUT2D eigenvalue weighted by Gasteiger charge is -2.07. The molecule has 0 radical (unpaired) electrons. The van der Waals surface area contributed by atoms with Gasteiger partial charge in [0.05, 0.1) is 19.8 Å². The van der Waals surface area contributed by atoms with Gasteiger partial charge in [0, 0.05) is 5.69 Å². The van der Waals surface area contributed by atoms with Crippen LogP contribution in [0.4, 0.5) is 9.59 Å². The van der Waals surface area contributed by atoms with Crippen LogP contribution in [0.5, 0.6) is 5.88 Å². The smallest absolute Gasteiger partial charge is 0.452 e. The fraction of sp³-hybridized carbons (Fsp3) is 0.500. The van der Waals surface area contributed by atoms with Gasteiger partial charge in [-0.1, -0.05) is 17.2 Å². The van der Waals surface area contributed by atoms with E-state index in [9.17, 15) is 14.4 Å². The molecule has 10 nitrogen and oxygen atoms in total. The molecule has 0 saturated carbocycles. The summed E-state index contributed by atoms with van der Waals surface area (Å²) in [5.41, 5.74) is 0.866. The molecule has 0 unspecified atom stereocenters. The summed E-state index contributed by atoms with van der Waals surface area (Å²) < 4.78 is 14.0. The van der Waals surface area contributed by atoms with Crippen LogP contribution in [0.15, 0.2) is 22.4 Å². The number of carbonyl (C=O) groups is 3. The molecule has 0 saturated heterocycles. The number of hydrogen-bond acceptors (Lipinski definition) is 7. The van der Waals surface area contributed by atoms with Crippen molar-refractivity contribution in [1.29, 1.82) is 0 Å². The zero-order valence-corrected chi connectivity index (χ0v) is 15.2. The summed E-state index contributed by atoms with van der Waals surface area (Å²) in [4.78, 5) is 35.7. The van der Waals surface area contributed by atoms with Gasteiger partial charge in [0.2, 0.25) is 5.88 Å². The van der Waals surface area contributed by atoms with E-state index >= 15 is 0 Å². The molecule has 0 aromatic carbocycles. The summed E-state index contributed by atoms with van der Waals surface area (Å²) >= 11 is 0. The van der Waals surface area contributed by atoms with Crippen LogP contribution >= 0.6 is 0 Å². The van der Waals surface area contributed by atoms with Gasteiger partial charge in [-0.05, 0) is 39.3 Å². The maximum atomic E-state index is 10.8. The van der Waals surface area contributed by atoms with Crippen LogP contribution in [-0.2, 0) is 9.47 Å². The summed E-state index contributed by atoms with van der Waals surface area (Å²) in [6, 6.07) is 3.16. The van der Waals surface area contributed by atoms with E-state index in [0.29, 0.717) is 6.61 Å². The summed E-state index contributed by atoms with van der Waals surface area (Å²) in [5.74, 6) is -0.803. The maximum absolute atomic E-state index is 10.8. The molecule has 26 heavy (non-hydrogen) atoms. The Kier molecular flexibility index (Phi) is 11.7. The third kappa shape index (κ3) is 9.96. The van der Waals surface area contributed by atoms with E-state index in [4.69, 9.17) is 9.84 Å². The van der Waals surface area contributed by atoms with Crippen LogP contribution in [0.25, 0.3) is 0 Å². The minimum atomic E-state index is -1.01. The molecular formula is C16H23N3O7. The molecule has 1 rings (SSSR count). The van der Waals surface area contributed by atoms with Crippen molar-refractivity contribution in [2.75, 3.05) is 19.8 Å². The number of ether oxygens (including phenoxy) is 3. The number of hydrogen-bond donors (Lipinski definition) is 1. The lowest BCUT2D eigenvalue weighted by molar-refractivity contribution is 0.0691. The van der Waals surface area contributed by atoms with Crippen LogP contribution in [0.1, 0.15) is 43.2 Å². The molecule has 144 valence electrons. The first-order chi connectivity index (χ1) is 12.3. The summed E-state index contributed by atoms with van der Waals surface area (Å²) in [6.45, 7) is 7.87. The molecule has 10 heteroatoms. The fourth-order valence-electron chi connectivity index (χ4n) is 1.39. The van der Waals surface area contributed by atoms with Crippen LogP contribution in [0.2, 0.25) is 0 Å². The van der Waals surface area contributed by atoms with Crippen molar-refractivity contribution in [3.05, 3.63) is 23.4 Å². The van der Waals surface area contributed by atoms with Crippen molar-refractivity contribution in [2.24, 2.45) is 10.2 Å². The number of carbonyl (C=O) groups excluding carboxylic acids is 2. The van der Waals surface area contributed by atoms with Crippen molar-refractivity contribution in [3.8, 4) is 5.88 Å². The number of aromatic nitrogens is 1. The summed E-state index contributed by atoms with van der Waals surface area (Å²) in [6.07, 6.45) is -0.967. The molecule has 0 atom stereocenters. The second kappa shape index (κ2) is 13.3. The van der Waals surface area contributed by atoms with Crippen molar-refractivity contribution in [1.82, 2.24) is 4.98 Å². The Balaban J connectivity index is 0.000000488. The highest BCUT2D eigenvalue weighted by Gasteiger charge is 2.12. The molecule has 0 bridgehead atoms. The molecule has 2 amide bonds. The van der Waals surface area contributed by atoms with E-state index in [-0.39, 0.29) is 24.7 Å². The highest BCUT2D eigenvalue weighted by Crippen LogP contribution is 2.16. The van der Waals surface area contributed by atoms with E-state index in [2.05, 4.69) is 24.7 Å². The van der Waals surface area contributed by atoms with Crippen LogP contribution < -0.4 is 4.74 Å². The molecule has 1 aromatic rings. The number of aromatic carboxylic acids is 1. The van der Waals surface area contributed by atoms with Gasteiger partial charge in [-0.3, -0.25) is 0 Å². The van der Waals surface area contributed by atoms with Crippen LogP contribution in [-0.4, -0.2) is 48.1 Å². The topological polar surface area (TPSA) is 137 Å². The lowest BCUT2D eigenvalue weighted by Crippen LogP contribution is -2.06. The molecule has 0 aliphatic carbocycles. The minimum absolute atomic E-state index is 0.115. The number of rotatable bonds is 6. The molecule has 0 aliphatic rings. The Morgan fingerprint density at radius 2 is 1.58 bits per heavy atom. The molecule has 0 spiro atoms. The first kappa shape index (κ1) is 23.0. The van der Waals surface area contributed by atoms with Gasteiger partial charge < -0.3 is 19.3 Å². The quantitative estimate of drug-likeness (QED) is 0.750. The average molecular weight is 369 g/mol. The molecule has 1 aromatic heterocycles. The Morgan fingerprint density at radius 1 is 1.04 bits per heavy atom. The number of azo groups is 1. The Bertz CT molecular complexity index is 612. The fourth-order valence-corrected chi connectivity index (χ4v) is 1.39. The lowest BCUT2D eigenvalue weighted by atomic mass is 10.2. The van der Waals surface area contributed by atoms with Crippen molar-refractivity contribution in [2.45, 2.75) is 34.1 Å².